The molecular formula is C23H19ClO4. The fraction of sp³-hybridized carbons (Fsp3) is 0.0870. The van der Waals surface area contributed by atoms with Crippen molar-refractivity contribution in [3.05, 3.63) is 94.5 Å². The lowest BCUT2D eigenvalue weighted by Gasteiger charge is -2.12. The number of rotatable bonds is 7. The highest BCUT2D eigenvalue weighted by atomic mass is 35.5. The maximum atomic E-state index is 12.3. The molecular weight excluding hydrogens is 376 g/mol. The van der Waals surface area contributed by atoms with Crippen molar-refractivity contribution in [1.82, 2.24) is 0 Å². The van der Waals surface area contributed by atoms with Crippen molar-refractivity contribution in [3.63, 3.8) is 0 Å². The molecule has 0 aromatic heterocycles. The Balaban J connectivity index is 1.75. The predicted molar refractivity (Wildman–Crippen MR) is 110 cm³/mol. The topological polar surface area (TPSA) is 55.8 Å². The number of ketones is 1. The van der Waals surface area contributed by atoms with Gasteiger partial charge in [0.25, 0.3) is 0 Å². The molecule has 5 heteroatoms. The fourth-order valence-electron chi connectivity index (χ4n) is 2.63. The number of ether oxygens (including phenoxy) is 2. The smallest absolute Gasteiger partial charge is 0.185 e. The summed E-state index contributed by atoms with van der Waals surface area (Å²) < 4.78 is 11.2. The quantitative estimate of drug-likeness (QED) is 0.423. The molecule has 0 heterocycles. The van der Waals surface area contributed by atoms with E-state index < -0.39 is 0 Å². The number of phenolic OH excluding ortho intramolecular Hbond substituents is 1. The molecule has 0 fully saturated rings. The number of carbonyl (C=O) groups is 1. The van der Waals surface area contributed by atoms with Crippen LogP contribution in [0.5, 0.6) is 17.2 Å². The second-order valence-electron chi connectivity index (χ2n) is 6.03. The minimum atomic E-state index is -0.148. The van der Waals surface area contributed by atoms with Crippen LogP contribution >= 0.6 is 11.6 Å². The number of benzene rings is 3. The normalized spacial score (nSPS) is 10.8. The van der Waals surface area contributed by atoms with Crippen LogP contribution < -0.4 is 9.47 Å². The molecule has 0 saturated heterocycles. The van der Waals surface area contributed by atoms with Crippen LogP contribution in [0.2, 0.25) is 5.02 Å². The van der Waals surface area contributed by atoms with Gasteiger partial charge in [-0.25, -0.2) is 0 Å². The van der Waals surface area contributed by atoms with E-state index in [9.17, 15) is 9.90 Å². The zero-order valence-corrected chi connectivity index (χ0v) is 16.0. The summed E-state index contributed by atoms with van der Waals surface area (Å²) in [6.07, 6.45) is 3.22. The van der Waals surface area contributed by atoms with Crippen molar-refractivity contribution in [2.24, 2.45) is 0 Å². The van der Waals surface area contributed by atoms with Gasteiger partial charge in [-0.1, -0.05) is 35.9 Å². The highest BCUT2D eigenvalue weighted by Gasteiger charge is 2.07. The summed E-state index contributed by atoms with van der Waals surface area (Å²) in [4.78, 5) is 12.3. The minimum Gasteiger partial charge on any atom is -0.508 e. The Bertz CT molecular complexity index is 994. The van der Waals surface area contributed by atoms with Crippen molar-refractivity contribution in [2.75, 3.05) is 7.11 Å². The van der Waals surface area contributed by atoms with Crippen molar-refractivity contribution in [3.8, 4) is 17.2 Å². The highest BCUT2D eigenvalue weighted by molar-refractivity contribution is 6.32. The summed E-state index contributed by atoms with van der Waals surface area (Å²) in [6, 6.07) is 19.0. The van der Waals surface area contributed by atoms with Crippen LogP contribution in [0.3, 0.4) is 0 Å². The van der Waals surface area contributed by atoms with E-state index >= 15 is 0 Å². The second kappa shape index (κ2) is 9.11. The summed E-state index contributed by atoms with van der Waals surface area (Å²) in [5, 5.41) is 9.85. The first-order chi connectivity index (χ1) is 13.6. The van der Waals surface area contributed by atoms with E-state index in [4.69, 9.17) is 21.1 Å². The van der Waals surface area contributed by atoms with Gasteiger partial charge in [-0.05, 0) is 60.2 Å². The Morgan fingerprint density at radius 1 is 1.04 bits per heavy atom. The summed E-state index contributed by atoms with van der Waals surface area (Å²) in [6.45, 7) is 0.278. The lowest BCUT2D eigenvalue weighted by atomic mass is 10.1. The van der Waals surface area contributed by atoms with Gasteiger partial charge < -0.3 is 14.6 Å². The molecule has 0 aliphatic carbocycles. The van der Waals surface area contributed by atoms with E-state index in [1.54, 1.807) is 37.5 Å². The molecule has 142 valence electrons. The van der Waals surface area contributed by atoms with Gasteiger partial charge in [0.1, 0.15) is 23.9 Å². The lowest BCUT2D eigenvalue weighted by molar-refractivity contribution is 0.104. The number of halogens is 1. The first kappa shape index (κ1) is 19.5. The van der Waals surface area contributed by atoms with Crippen molar-refractivity contribution in [1.29, 1.82) is 0 Å². The van der Waals surface area contributed by atoms with E-state index in [1.165, 1.54) is 18.2 Å². The fourth-order valence-corrected chi connectivity index (χ4v) is 2.82. The molecule has 0 aliphatic rings. The van der Waals surface area contributed by atoms with Gasteiger partial charge in [0.15, 0.2) is 5.78 Å². The second-order valence-corrected chi connectivity index (χ2v) is 6.44. The maximum Gasteiger partial charge on any atom is 0.185 e. The molecule has 28 heavy (non-hydrogen) atoms. The molecule has 1 N–H and O–H groups in total. The first-order valence-electron chi connectivity index (χ1n) is 8.62. The summed E-state index contributed by atoms with van der Waals surface area (Å²) >= 11 is 6.13. The molecule has 3 aromatic carbocycles. The third-order valence-corrected chi connectivity index (χ3v) is 4.42. The van der Waals surface area contributed by atoms with E-state index in [0.29, 0.717) is 22.1 Å². The molecule has 0 atom stereocenters. The largest absolute Gasteiger partial charge is 0.508 e. The van der Waals surface area contributed by atoms with Gasteiger partial charge in [-0.3, -0.25) is 4.79 Å². The van der Waals surface area contributed by atoms with Crippen molar-refractivity contribution in [2.45, 2.75) is 6.61 Å². The minimum absolute atomic E-state index is 0.124. The van der Waals surface area contributed by atoms with Crippen LogP contribution in [0.4, 0.5) is 0 Å². The predicted octanol–water partition coefficient (Wildman–Crippen LogP) is 5.53. The van der Waals surface area contributed by atoms with E-state index in [0.717, 1.165) is 11.1 Å². The average molecular weight is 395 g/mol. The molecule has 0 unspecified atom stereocenters. The summed E-state index contributed by atoms with van der Waals surface area (Å²) in [5.74, 6) is 1.26. The Hall–Kier alpha value is -3.24. The summed E-state index contributed by atoms with van der Waals surface area (Å²) in [7, 11) is 1.60. The molecule has 0 saturated carbocycles. The monoisotopic (exact) mass is 394 g/mol. The van der Waals surface area contributed by atoms with Crippen molar-refractivity contribution < 1.29 is 19.4 Å². The van der Waals surface area contributed by atoms with Gasteiger partial charge in [0.05, 0.1) is 12.1 Å². The van der Waals surface area contributed by atoms with E-state index in [2.05, 4.69) is 0 Å². The van der Waals surface area contributed by atoms with Gasteiger partial charge in [-0.2, -0.15) is 0 Å². The van der Waals surface area contributed by atoms with Gasteiger partial charge in [0.2, 0.25) is 0 Å². The maximum absolute atomic E-state index is 12.3. The number of carbonyl (C=O) groups excluding carboxylic acids is 1. The van der Waals surface area contributed by atoms with Gasteiger partial charge in [0, 0.05) is 11.1 Å². The molecule has 4 nitrogen and oxygen atoms in total. The highest BCUT2D eigenvalue weighted by Crippen LogP contribution is 2.27. The third-order valence-electron chi connectivity index (χ3n) is 4.10. The molecule has 3 aromatic rings. The molecule has 0 spiro atoms. The summed E-state index contributed by atoms with van der Waals surface area (Å²) in [5.41, 5.74) is 2.18. The van der Waals surface area contributed by atoms with Gasteiger partial charge in [-0.15, -0.1) is 0 Å². The number of hydrogen-bond acceptors (Lipinski definition) is 4. The third kappa shape index (κ3) is 4.93. The number of aromatic hydroxyl groups is 1. The molecule has 0 amide bonds. The number of para-hydroxylation sites is 1. The zero-order chi connectivity index (χ0) is 19.9. The first-order valence-corrected chi connectivity index (χ1v) is 9.00. The van der Waals surface area contributed by atoms with Crippen LogP contribution in [0, 0.1) is 0 Å². The SMILES string of the molecule is COc1ccc(/C=C/C(=O)c2ccc(O)cc2)cc1COc1ccccc1Cl. The standard InChI is InChI=1S/C23H19ClO4/c1-27-22-13-7-16(6-12-21(26)17-8-10-19(25)11-9-17)14-18(22)15-28-23-5-3-2-4-20(23)24/h2-14,25H,15H2,1H3/b12-6+. The number of methoxy groups -OCH3 is 1. The zero-order valence-electron chi connectivity index (χ0n) is 15.3. The van der Waals surface area contributed by atoms with Crippen LogP contribution in [-0.4, -0.2) is 18.0 Å². The van der Waals surface area contributed by atoms with Crippen molar-refractivity contribution >= 4 is 23.5 Å². The Morgan fingerprint density at radius 2 is 1.79 bits per heavy atom. The molecule has 0 radical (unpaired) electrons. The van der Waals surface area contributed by atoms with E-state index in [1.807, 2.05) is 30.3 Å². The Morgan fingerprint density at radius 3 is 2.50 bits per heavy atom. The Labute approximate surface area is 168 Å². The van der Waals surface area contributed by atoms with E-state index in [-0.39, 0.29) is 18.1 Å². The lowest BCUT2D eigenvalue weighted by Crippen LogP contribution is -2.00. The number of allylic oxidation sites excluding steroid dienone is 1. The Kier molecular flexibility index (Phi) is 6.35. The van der Waals surface area contributed by atoms with Gasteiger partial charge >= 0.3 is 0 Å². The molecule has 3 rings (SSSR count). The van der Waals surface area contributed by atoms with Crippen LogP contribution in [0.1, 0.15) is 21.5 Å². The molecule has 0 aliphatic heterocycles. The van der Waals surface area contributed by atoms with Crippen LogP contribution in [0.15, 0.2) is 72.8 Å². The number of phenols is 1. The van der Waals surface area contributed by atoms with Crippen LogP contribution in [0.25, 0.3) is 6.08 Å². The number of hydrogen-bond donors (Lipinski definition) is 1. The average Bonchev–Trinajstić information content (AvgIpc) is 2.72. The molecule has 0 bridgehead atoms. The van der Waals surface area contributed by atoms with Crippen LogP contribution in [-0.2, 0) is 6.61 Å².